The summed E-state index contributed by atoms with van der Waals surface area (Å²) < 4.78 is 22.4. The predicted molar refractivity (Wildman–Crippen MR) is 110 cm³/mol. The van der Waals surface area contributed by atoms with E-state index >= 15 is 0 Å². The van der Waals surface area contributed by atoms with Crippen LogP contribution in [0.1, 0.15) is 51.2 Å². The van der Waals surface area contributed by atoms with Crippen molar-refractivity contribution in [3.8, 4) is 11.5 Å². The molecule has 0 saturated heterocycles. The van der Waals surface area contributed by atoms with Crippen LogP contribution in [0.3, 0.4) is 0 Å². The second-order valence-corrected chi connectivity index (χ2v) is 7.79. The summed E-state index contributed by atoms with van der Waals surface area (Å²) in [6, 6.07) is 4.32. The molecule has 5 heteroatoms. The lowest BCUT2D eigenvalue weighted by Gasteiger charge is -2.34. The van der Waals surface area contributed by atoms with E-state index in [1.165, 1.54) is 5.56 Å². The molecule has 0 aliphatic carbocycles. The number of hydrogen-bond acceptors (Lipinski definition) is 5. The normalized spacial score (nSPS) is 16.3. The molecular weight excluding hydrogens is 342 g/mol. The van der Waals surface area contributed by atoms with Gasteiger partial charge in [0.1, 0.15) is 0 Å². The summed E-state index contributed by atoms with van der Waals surface area (Å²) >= 11 is 0. The largest absolute Gasteiger partial charge is 0.493 e. The number of nitrogens with zero attached hydrogens (tertiary/aromatic N) is 1. The highest BCUT2D eigenvalue weighted by atomic mass is 16.5. The minimum atomic E-state index is -0.0126. The van der Waals surface area contributed by atoms with Crippen LogP contribution in [0, 0.1) is 5.41 Å². The molecule has 1 atom stereocenters. The number of hydrogen-bond donors (Lipinski definition) is 0. The third-order valence-electron chi connectivity index (χ3n) is 5.00. The number of aliphatic imine (C=N–C) groups is 1. The Labute approximate surface area is 164 Å². The Morgan fingerprint density at radius 3 is 2.59 bits per heavy atom. The van der Waals surface area contributed by atoms with Gasteiger partial charge in [0.15, 0.2) is 11.5 Å². The standard InChI is InChI=1S/C22H35NO4/c1-6-7-10-26-16-22(2,3)21-14-17-12-20(27-11-8-9-24-4)19(25-5)13-18(17)15-23-21/h12-13,15,21H,6-11,14,16H2,1-5H3. The van der Waals surface area contributed by atoms with Crippen LogP contribution in [0.2, 0.25) is 0 Å². The molecule has 0 N–H and O–H groups in total. The van der Waals surface area contributed by atoms with Gasteiger partial charge in [0.25, 0.3) is 0 Å². The molecule has 0 aromatic heterocycles. The molecule has 1 aromatic carbocycles. The molecule has 1 aromatic rings. The molecule has 0 spiro atoms. The van der Waals surface area contributed by atoms with Crippen molar-refractivity contribution in [2.45, 2.75) is 52.5 Å². The van der Waals surface area contributed by atoms with Crippen molar-refractivity contribution in [2.24, 2.45) is 10.4 Å². The van der Waals surface area contributed by atoms with E-state index in [1.807, 2.05) is 12.3 Å². The second-order valence-electron chi connectivity index (χ2n) is 7.79. The maximum absolute atomic E-state index is 5.93. The Morgan fingerprint density at radius 1 is 1.07 bits per heavy atom. The van der Waals surface area contributed by atoms with Gasteiger partial charge >= 0.3 is 0 Å². The summed E-state index contributed by atoms with van der Waals surface area (Å²) in [7, 11) is 3.37. The van der Waals surface area contributed by atoms with E-state index in [0.717, 1.165) is 56.0 Å². The Hall–Kier alpha value is -1.59. The Kier molecular flexibility index (Phi) is 8.58. The molecule has 1 aliphatic heterocycles. The topological polar surface area (TPSA) is 49.3 Å². The first kappa shape index (κ1) is 21.7. The van der Waals surface area contributed by atoms with Gasteiger partial charge in [0, 0.05) is 38.4 Å². The first-order chi connectivity index (χ1) is 13.0. The fourth-order valence-corrected chi connectivity index (χ4v) is 3.16. The first-order valence-electron chi connectivity index (χ1n) is 9.95. The van der Waals surface area contributed by atoms with Crippen LogP contribution in [-0.4, -0.2) is 52.9 Å². The van der Waals surface area contributed by atoms with E-state index in [4.69, 9.17) is 23.9 Å². The van der Waals surface area contributed by atoms with E-state index < -0.39 is 0 Å². The summed E-state index contributed by atoms with van der Waals surface area (Å²) in [5.74, 6) is 1.54. The van der Waals surface area contributed by atoms with Gasteiger partial charge in [-0.3, -0.25) is 4.99 Å². The maximum atomic E-state index is 5.93. The van der Waals surface area contributed by atoms with Crippen LogP contribution >= 0.6 is 0 Å². The van der Waals surface area contributed by atoms with Gasteiger partial charge in [-0.1, -0.05) is 27.2 Å². The molecule has 152 valence electrons. The third kappa shape index (κ3) is 6.22. The fraction of sp³-hybridized carbons (Fsp3) is 0.682. The zero-order valence-electron chi connectivity index (χ0n) is 17.5. The van der Waals surface area contributed by atoms with Crippen LogP contribution < -0.4 is 9.47 Å². The summed E-state index contributed by atoms with van der Waals surface area (Å²) in [6.07, 6.45) is 5.96. The number of methoxy groups -OCH3 is 2. The maximum Gasteiger partial charge on any atom is 0.161 e. The third-order valence-corrected chi connectivity index (χ3v) is 5.00. The van der Waals surface area contributed by atoms with Crippen molar-refractivity contribution in [2.75, 3.05) is 40.6 Å². The fourth-order valence-electron chi connectivity index (χ4n) is 3.16. The van der Waals surface area contributed by atoms with Gasteiger partial charge in [0.2, 0.25) is 0 Å². The minimum Gasteiger partial charge on any atom is -0.493 e. The Morgan fingerprint density at radius 2 is 1.89 bits per heavy atom. The number of rotatable bonds is 12. The highest BCUT2D eigenvalue weighted by Gasteiger charge is 2.32. The number of unbranched alkanes of at least 4 members (excludes halogenated alkanes) is 1. The molecule has 1 heterocycles. The van der Waals surface area contributed by atoms with E-state index in [2.05, 4.69) is 26.8 Å². The van der Waals surface area contributed by atoms with E-state index in [0.29, 0.717) is 13.2 Å². The van der Waals surface area contributed by atoms with Crippen molar-refractivity contribution in [3.05, 3.63) is 23.3 Å². The van der Waals surface area contributed by atoms with Crippen molar-refractivity contribution in [1.82, 2.24) is 0 Å². The van der Waals surface area contributed by atoms with Gasteiger partial charge < -0.3 is 18.9 Å². The minimum absolute atomic E-state index is 0.0126. The van der Waals surface area contributed by atoms with Crippen molar-refractivity contribution < 1.29 is 18.9 Å². The molecule has 0 amide bonds. The van der Waals surface area contributed by atoms with Crippen LogP contribution in [0.25, 0.3) is 0 Å². The highest BCUT2D eigenvalue weighted by molar-refractivity contribution is 5.84. The first-order valence-corrected chi connectivity index (χ1v) is 9.95. The molecule has 0 radical (unpaired) electrons. The van der Waals surface area contributed by atoms with E-state index in [9.17, 15) is 0 Å². The summed E-state index contributed by atoms with van der Waals surface area (Å²) in [5, 5.41) is 0. The van der Waals surface area contributed by atoms with Gasteiger partial charge in [-0.15, -0.1) is 0 Å². The predicted octanol–water partition coefficient (Wildman–Crippen LogP) is 4.30. The quantitative estimate of drug-likeness (QED) is 0.510. The van der Waals surface area contributed by atoms with Crippen LogP contribution in [-0.2, 0) is 15.9 Å². The average Bonchev–Trinajstić information content (AvgIpc) is 2.67. The molecule has 1 unspecified atom stereocenters. The summed E-state index contributed by atoms with van der Waals surface area (Å²) in [5.41, 5.74) is 2.34. The number of ether oxygens (including phenoxy) is 4. The SMILES string of the molecule is CCCCOCC(C)(C)C1Cc2cc(OCCCOC)c(OC)cc2C=N1. The monoisotopic (exact) mass is 377 g/mol. The van der Waals surface area contributed by atoms with Crippen LogP contribution in [0.15, 0.2) is 17.1 Å². The number of benzene rings is 1. The molecule has 27 heavy (non-hydrogen) atoms. The van der Waals surface area contributed by atoms with Gasteiger partial charge in [-0.25, -0.2) is 0 Å². The van der Waals surface area contributed by atoms with Gasteiger partial charge in [-0.2, -0.15) is 0 Å². The second kappa shape index (κ2) is 10.7. The van der Waals surface area contributed by atoms with Gasteiger partial charge in [0.05, 0.1) is 26.4 Å². The van der Waals surface area contributed by atoms with Crippen LogP contribution in [0.5, 0.6) is 11.5 Å². The Balaban J connectivity index is 2.06. The van der Waals surface area contributed by atoms with E-state index in [-0.39, 0.29) is 11.5 Å². The lowest BCUT2D eigenvalue weighted by atomic mass is 9.80. The van der Waals surface area contributed by atoms with Crippen molar-refractivity contribution >= 4 is 6.21 Å². The molecule has 1 aliphatic rings. The molecule has 0 bridgehead atoms. The molecule has 2 rings (SSSR count). The van der Waals surface area contributed by atoms with Crippen molar-refractivity contribution in [3.63, 3.8) is 0 Å². The highest BCUT2D eigenvalue weighted by Crippen LogP contribution is 2.36. The van der Waals surface area contributed by atoms with Gasteiger partial charge in [-0.05, 0) is 36.1 Å². The van der Waals surface area contributed by atoms with Crippen LogP contribution in [0.4, 0.5) is 0 Å². The molecule has 0 fully saturated rings. The van der Waals surface area contributed by atoms with Crippen molar-refractivity contribution in [1.29, 1.82) is 0 Å². The summed E-state index contributed by atoms with van der Waals surface area (Å²) in [4.78, 5) is 4.82. The number of fused-ring (bicyclic) bond motifs is 1. The average molecular weight is 378 g/mol. The Bertz CT molecular complexity index is 613. The lowest BCUT2D eigenvalue weighted by Crippen LogP contribution is -2.36. The zero-order valence-corrected chi connectivity index (χ0v) is 17.5. The van der Waals surface area contributed by atoms with E-state index in [1.54, 1.807) is 14.2 Å². The molecule has 5 nitrogen and oxygen atoms in total. The summed E-state index contributed by atoms with van der Waals surface area (Å²) in [6.45, 7) is 9.49. The lowest BCUT2D eigenvalue weighted by molar-refractivity contribution is 0.0472. The molecular formula is C22H35NO4. The molecule has 0 saturated carbocycles. The smallest absolute Gasteiger partial charge is 0.161 e. The zero-order chi connectivity index (χ0) is 19.7.